The fraction of sp³-hybridized carbons (Fsp3) is 0.270. The molecule has 0 radical (unpaired) electrons. The molecule has 4 aromatic carbocycles. The smallest absolute Gasteiger partial charge is 0.334 e. The highest BCUT2D eigenvalue weighted by Gasteiger charge is 2.50. The first-order chi connectivity index (χ1) is 22.0. The minimum absolute atomic E-state index is 0.0118. The maximum Gasteiger partial charge on any atom is 0.334 e. The van der Waals surface area contributed by atoms with Crippen LogP contribution >= 0.6 is 0 Å². The van der Waals surface area contributed by atoms with E-state index in [-0.39, 0.29) is 36.9 Å². The maximum absolute atomic E-state index is 14.3. The summed E-state index contributed by atoms with van der Waals surface area (Å²) < 4.78 is 0. The van der Waals surface area contributed by atoms with Crippen LogP contribution in [-0.4, -0.2) is 76.6 Å². The molecule has 45 heavy (non-hydrogen) atoms. The fourth-order valence-corrected chi connectivity index (χ4v) is 6.58. The maximum atomic E-state index is 14.3. The summed E-state index contributed by atoms with van der Waals surface area (Å²) in [7, 11) is 1.76. The Kier molecular flexibility index (Phi) is 9.22. The van der Waals surface area contributed by atoms with E-state index in [1.807, 2.05) is 102 Å². The number of carbonyl (C=O) groups excluding carboxylic acids is 3. The number of urea groups is 1. The Hall–Kier alpha value is -4.95. The number of amides is 4. The predicted molar refractivity (Wildman–Crippen MR) is 174 cm³/mol. The predicted octanol–water partition coefficient (Wildman–Crippen LogP) is 4.89. The van der Waals surface area contributed by atoms with Gasteiger partial charge < -0.3 is 15.1 Å². The zero-order valence-corrected chi connectivity index (χ0v) is 25.5. The van der Waals surface area contributed by atoms with Gasteiger partial charge in [0.2, 0.25) is 11.8 Å². The van der Waals surface area contributed by atoms with Gasteiger partial charge in [-0.1, -0.05) is 121 Å². The van der Waals surface area contributed by atoms with Gasteiger partial charge in [0.05, 0.1) is 13.1 Å². The normalized spacial score (nSPS) is 18.7. The van der Waals surface area contributed by atoms with Gasteiger partial charge in [-0.15, -0.1) is 0 Å². The topological polar surface area (TPSA) is 76.2 Å². The van der Waals surface area contributed by atoms with Crippen LogP contribution in [-0.2, 0) is 22.6 Å². The van der Waals surface area contributed by atoms with E-state index in [4.69, 9.17) is 0 Å². The lowest BCUT2D eigenvalue weighted by atomic mass is 9.88. The first-order valence-corrected chi connectivity index (χ1v) is 15.6. The standard InChI is InChI=1S/C37H39N5O3/c1-39-27-35(43)41-33(24-28-14-6-2-7-15-28)36(44)40(26-34(41)42(39)37(45)38-25-29-16-8-3-9-17-29)23-22-32(30-18-10-4-11-19-30)31-20-12-5-13-21-31/h2-21,32-34H,22-27H2,1H3,(H,38,45)/t33-,34-/m0/s1. The molecule has 2 aliphatic rings. The van der Waals surface area contributed by atoms with E-state index in [1.54, 1.807) is 22.0 Å². The molecule has 2 heterocycles. The van der Waals surface area contributed by atoms with Crippen LogP contribution in [0.3, 0.4) is 0 Å². The third-order valence-corrected chi connectivity index (χ3v) is 8.80. The van der Waals surface area contributed by atoms with Gasteiger partial charge in [-0.3, -0.25) is 9.59 Å². The molecule has 4 amide bonds. The van der Waals surface area contributed by atoms with Crippen molar-refractivity contribution in [1.82, 2.24) is 25.1 Å². The fourth-order valence-electron chi connectivity index (χ4n) is 6.58. The highest BCUT2D eigenvalue weighted by molar-refractivity contribution is 5.91. The number of likely N-dealkylation sites (N-methyl/N-ethyl adjacent to an activating group) is 1. The van der Waals surface area contributed by atoms with Crippen LogP contribution in [0.2, 0.25) is 0 Å². The van der Waals surface area contributed by atoms with Gasteiger partial charge in [0.25, 0.3) is 0 Å². The molecule has 230 valence electrons. The van der Waals surface area contributed by atoms with Gasteiger partial charge in [-0.05, 0) is 28.7 Å². The number of benzene rings is 4. The van der Waals surface area contributed by atoms with Crippen molar-refractivity contribution in [2.75, 3.05) is 26.7 Å². The lowest BCUT2D eigenvalue weighted by molar-refractivity contribution is -0.187. The monoisotopic (exact) mass is 601 g/mol. The second kappa shape index (κ2) is 13.8. The van der Waals surface area contributed by atoms with Crippen molar-refractivity contribution in [1.29, 1.82) is 0 Å². The Morgan fingerprint density at radius 3 is 1.89 bits per heavy atom. The van der Waals surface area contributed by atoms with Gasteiger partial charge in [-0.2, -0.15) is 0 Å². The summed E-state index contributed by atoms with van der Waals surface area (Å²) in [6, 6.07) is 39.2. The van der Waals surface area contributed by atoms with Gasteiger partial charge >= 0.3 is 6.03 Å². The minimum Gasteiger partial charge on any atom is -0.337 e. The number of nitrogens with zero attached hydrogens (tertiary/aromatic N) is 4. The van der Waals surface area contributed by atoms with Crippen molar-refractivity contribution in [2.45, 2.75) is 37.5 Å². The zero-order valence-electron chi connectivity index (χ0n) is 25.5. The average Bonchev–Trinajstić information content (AvgIpc) is 3.07. The van der Waals surface area contributed by atoms with Crippen LogP contribution in [0.1, 0.15) is 34.6 Å². The van der Waals surface area contributed by atoms with Crippen molar-refractivity contribution in [3.05, 3.63) is 144 Å². The number of rotatable bonds is 9. The summed E-state index contributed by atoms with van der Waals surface area (Å²) in [4.78, 5) is 45.2. The van der Waals surface area contributed by atoms with Crippen LogP contribution in [0.4, 0.5) is 4.79 Å². The Balaban J connectivity index is 1.29. The summed E-state index contributed by atoms with van der Waals surface area (Å²) in [5.74, 6) is -0.153. The second-order valence-corrected chi connectivity index (χ2v) is 11.7. The van der Waals surface area contributed by atoms with E-state index >= 15 is 0 Å². The average molecular weight is 602 g/mol. The Morgan fingerprint density at radius 1 is 0.778 bits per heavy atom. The second-order valence-electron chi connectivity index (χ2n) is 11.7. The number of piperazine rings is 1. The molecule has 0 aliphatic carbocycles. The van der Waals surface area contributed by atoms with E-state index in [2.05, 4.69) is 29.6 Å². The summed E-state index contributed by atoms with van der Waals surface area (Å²) in [5.41, 5.74) is 4.32. The summed E-state index contributed by atoms with van der Waals surface area (Å²) in [5, 5.41) is 6.33. The third kappa shape index (κ3) is 6.76. The van der Waals surface area contributed by atoms with Crippen LogP contribution in [0.15, 0.2) is 121 Å². The van der Waals surface area contributed by atoms with Crippen molar-refractivity contribution in [3.63, 3.8) is 0 Å². The van der Waals surface area contributed by atoms with E-state index in [0.29, 0.717) is 25.9 Å². The van der Waals surface area contributed by atoms with E-state index < -0.39 is 12.2 Å². The lowest BCUT2D eigenvalue weighted by Crippen LogP contribution is -2.76. The zero-order chi connectivity index (χ0) is 31.2. The highest BCUT2D eigenvalue weighted by atomic mass is 16.2. The molecular weight excluding hydrogens is 562 g/mol. The highest BCUT2D eigenvalue weighted by Crippen LogP contribution is 2.31. The molecule has 2 saturated heterocycles. The number of hydrogen-bond donors (Lipinski definition) is 1. The molecule has 2 atom stereocenters. The van der Waals surface area contributed by atoms with Gasteiger partial charge in [-0.25, -0.2) is 14.8 Å². The number of fused-ring (bicyclic) bond motifs is 1. The Bertz CT molecular complexity index is 1550. The van der Waals surface area contributed by atoms with Crippen LogP contribution in [0, 0.1) is 0 Å². The molecule has 0 saturated carbocycles. The molecule has 4 aromatic rings. The van der Waals surface area contributed by atoms with Gasteiger partial charge in [0, 0.05) is 32.5 Å². The molecule has 0 unspecified atom stereocenters. The first kappa shape index (κ1) is 30.1. The molecule has 6 rings (SSSR count). The number of carbonyl (C=O) groups is 3. The molecular formula is C37H39N5O3. The van der Waals surface area contributed by atoms with Crippen molar-refractivity contribution in [3.8, 4) is 0 Å². The molecule has 0 bridgehead atoms. The Labute approximate surface area is 264 Å². The number of nitrogens with one attached hydrogen (secondary N) is 1. The van der Waals surface area contributed by atoms with Gasteiger partial charge in [0.15, 0.2) is 0 Å². The SMILES string of the molecule is CN1CC(=O)N2[C@@H](Cc3ccccc3)C(=O)N(CCC(c3ccccc3)c3ccccc3)C[C@@H]2N1C(=O)NCc1ccccc1. The van der Waals surface area contributed by atoms with Gasteiger partial charge in [0.1, 0.15) is 12.2 Å². The molecule has 8 heteroatoms. The lowest BCUT2D eigenvalue weighted by Gasteiger charge is -2.54. The number of hydrazine groups is 1. The first-order valence-electron chi connectivity index (χ1n) is 15.6. The van der Waals surface area contributed by atoms with Crippen molar-refractivity contribution < 1.29 is 14.4 Å². The Morgan fingerprint density at radius 2 is 1.31 bits per heavy atom. The molecule has 0 spiro atoms. The van der Waals surface area contributed by atoms with E-state index in [0.717, 1.165) is 11.1 Å². The van der Waals surface area contributed by atoms with E-state index in [1.165, 1.54) is 11.1 Å². The summed E-state index contributed by atoms with van der Waals surface area (Å²) >= 11 is 0. The van der Waals surface area contributed by atoms with Crippen LogP contribution < -0.4 is 5.32 Å². The third-order valence-electron chi connectivity index (χ3n) is 8.80. The molecule has 8 nitrogen and oxygen atoms in total. The summed E-state index contributed by atoms with van der Waals surface area (Å²) in [6.07, 6.45) is 0.446. The van der Waals surface area contributed by atoms with Crippen LogP contribution in [0.5, 0.6) is 0 Å². The summed E-state index contributed by atoms with van der Waals surface area (Å²) in [6.45, 7) is 1.09. The van der Waals surface area contributed by atoms with Crippen molar-refractivity contribution in [2.24, 2.45) is 0 Å². The number of hydrogen-bond acceptors (Lipinski definition) is 4. The van der Waals surface area contributed by atoms with Crippen LogP contribution in [0.25, 0.3) is 0 Å². The molecule has 1 N–H and O–H groups in total. The molecule has 0 aromatic heterocycles. The van der Waals surface area contributed by atoms with Crippen molar-refractivity contribution >= 4 is 17.8 Å². The quantitative estimate of drug-likeness (QED) is 0.297. The molecule has 2 fully saturated rings. The largest absolute Gasteiger partial charge is 0.337 e. The van der Waals surface area contributed by atoms with E-state index in [9.17, 15) is 14.4 Å². The minimum atomic E-state index is -0.719. The molecule has 2 aliphatic heterocycles.